The Hall–Kier alpha value is -1.36. The number of benzene rings is 1. The van der Waals surface area contributed by atoms with Crippen molar-refractivity contribution in [2.75, 3.05) is 33.4 Å². The molecular weight excluding hydrogens is 421 g/mol. The number of rotatable bonds is 7. The van der Waals surface area contributed by atoms with Crippen molar-refractivity contribution in [2.45, 2.75) is 30.3 Å². The highest BCUT2D eigenvalue weighted by Crippen LogP contribution is 2.36. The second-order valence-corrected chi connectivity index (χ2v) is 8.80. The summed E-state index contributed by atoms with van der Waals surface area (Å²) in [5, 5.41) is 2.22. The van der Waals surface area contributed by atoms with Crippen LogP contribution in [0.3, 0.4) is 0 Å². The molecule has 158 valence electrons. The molecule has 0 unspecified atom stereocenters. The molecule has 0 aliphatic carbocycles. The SMILES string of the molecule is COCCCNC(=O)C1CCN(S(=O)(=O)c2ccc(Cl)c(C(F)(F)F)c2)CC1. The van der Waals surface area contributed by atoms with Crippen molar-refractivity contribution in [3.63, 3.8) is 0 Å². The Morgan fingerprint density at radius 2 is 1.96 bits per heavy atom. The predicted octanol–water partition coefficient (Wildman–Crippen LogP) is 2.91. The molecule has 1 aromatic rings. The topological polar surface area (TPSA) is 75.7 Å². The van der Waals surface area contributed by atoms with E-state index in [1.807, 2.05) is 0 Å². The first kappa shape index (κ1) is 22.9. The van der Waals surface area contributed by atoms with Gasteiger partial charge in [-0.2, -0.15) is 17.5 Å². The number of hydrogen-bond acceptors (Lipinski definition) is 4. The van der Waals surface area contributed by atoms with Gasteiger partial charge in [0.1, 0.15) is 0 Å². The van der Waals surface area contributed by atoms with Gasteiger partial charge >= 0.3 is 6.18 Å². The summed E-state index contributed by atoms with van der Waals surface area (Å²) in [7, 11) is -2.54. The van der Waals surface area contributed by atoms with E-state index in [0.29, 0.717) is 38.5 Å². The average Bonchev–Trinajstić information content (AvgIpc) is 2.64. The fourth-order valence-corrected chi connectivity index (χ4v) is 4.68. The fourth-order valence-electron chi connectivity index (χ4n) is 2.96. The number of ether oxygens (including phenoxy) is 1. The predicted molar refractivity (Wildman–Crippen MR) is 97.4 cm³/mol. The fraction of sp³-hybridized carbons (Fsp3) is 0.588. The summed E-state index contributed by atoms with van der Waals surface area (Å²) in [5.41, 5.74) is -1.19. The zero-order valence-corrected chi connectivity index (χ0v) is 16.8. The number of hydrogen-bond donors (Lipinski definition) is 1. The Balaban J connectivity index is 2.03. The van der Waals surface area contributed by atoms with Gasteiger partial charge in [-0.1, -0.05) is 11.6 Å². The molecule has 1 amide bonds. The van der Waals surface area contributed by atoms with Crippen LogP contribution in [0.25, 0.3) is 0 Å². The van der Waals surface area contributed by atoms with Crippen LogP contribution in [0.1, 0.15) is 24.8 Å². The van der Waals surface area contributed by atoms with E-state index in [0.717, 1.165) is 16.4 Å². The third-order valence-corrected chi connectivity index (χ3v) is 6.75. The maximum absolute atomic E-state index is 13.0. The Labute approximate surface area is 167 Å². The average molecular weight is 443 g/mol. The van der Waals surface area contributed by atoms with Gasteiger partial charge in [0, 0.05) is 39.3 Å². The van der Waals surface area contributed by atoms with E-state index in [4.69, 9.17) is 16.3 Å². The minimum absolute atomic E-state index is 0.0580. The Kier molecular flexibility index (Phi) is 7.72. The standard InChI is InChI=1S/C17H22ClF3N2O4S/c1-27-10-2-7-22-16(24)12-5-8-23(9-6-12)28(25,26)13-3-4-15(18)14(11-13)17(19,20)21/h3-4,11-12H,2,5-10H2,1H3,(H,22,24). The van der Waals surface area contributed by atoms with Crippen LogP contribution >= 0.6 is 11.6 Å². The second-order valence-electron chi connectivity index (χ2n) is 6.46. The van der Waals surface area contributed by atoms with Crippen LogP contribution < -0.4 is 5.32 Å². The molecular formula is C17H22ClF3N2O4S. The van der Waals surface area contributed by atoms with Gasteiger partial charge in [0.05, 0.1) is 15.5 Å². The quantitative estimate of drug-likeness (QED) is 0.659. The van der Waals surface area contributed by atoms with Crippen LogP contribution in [-0.4, -0.2) is 52.0 Å². The summed E-state index contributed by atoms with van der Waals surface area (Å²) in [6, 6.07) is 2.53. The Morgan fingerprint density at radius 3 is 2.54 bits per heavy atom. The number of amides is 1. The normalized spacial score (nSPS) is 16.9. The molecule has 0 spiro atoms. The first-order chi connectivity index (χ1) is 13.1. The van der Waals surface area contributed by atoms with Crippen LogP contribution in [0.5, 0.6) is 0 Å². The van der Waals surface area contributed by atoms with Crippen molar-refractivity contribution in [1.29, 1.82) is 0 Å². The summed E-state index contributed by atoms with van der Waals surface area (Å²) in [5.74, 6) is -0.482. The highest BCUT2D eigenvalue weighted by Gasteiger charge is 2.36. The summed E-state index contributed by atoms with van der Waals surface area (Å²) in [6.45, 7) is 1.11. The largest absolute Gasteiger partial charge is 0.417 e. The molecule has 1 N–H and O–H groups in total. The van der Waals surface area contributed by atoms with Crippen molar-refractivity contribution >= 4 is 27.5 Å². The lowest BCUT2D eigenvalue weighted by molar-refractivity contribution is -0.137. The summed E-state index contributed by atoms with van der Waals surface area (Å²) >= 11 is 5.55. The van der Waals surface area contributed by atoms with Gasteiger partial charge in [-0.05, 0) is 37.5 Å². The summed E-state index contributed by atoms with van der Waals surface area (Å²) < 4.78 is 70.4. The maximum Gasteiger partial charge on any atom is 0.417 e. The second kappa shape index (κ2) is 9.43. The van der Waals surface area contributed by atoms with Gasteiger partial charge in [-0.3, -0.25) is 4.79 Å². The molecule has 1 saturated heterocycles. The van der Waals surface area contributed by atoms with E-state index in [2.05, 4.69) is 5.32 Å². The number of alkyl halides is 3. The summed E-state index contributed by atoms with van der Waals surface area (Å²) in [4.78, 5) is 11.7. The van der Waals surface area contributed by atoms with Crippen LogP contribution in [0.15, 0.2) is 23.1 Å². The van der Waals surface area contributed by atoms with E-state index in [1.165, 1.54) is 0 Å². The number of methoxy groups -OCH3 is 1. The van der Waals surface area contributed by atoms with E-state index in [1.54, 1.807) is 7.11 Å². The number of carbonyl (C=O) groups is 1. The lowest BCUT2D eigenvalue weighted by Crippen LogP contribution is -2.43. The molecule has 11 heteroatoms. The molecule has 0 saturated carbocycles. The number of nitrogens with zero attached hydrogens (tertiary/aromatic N) is 1. The van der Waals surface area contributed by atoms with Crippen molar-refractivity contribution in [1.82, 2.24) is 9.62 Å². The first-order valence-electron chi connectivity index (χ1n) is 8.71. The van der Waals surface area contributed by atoms with Crippen molar-refractivity contribution in [3.05, 3.63) is 28.8 Å². The van der Waals surface area contributed by atoms with E-state index in [9.17, 15) is 26.4 Å². The van der Waals surface area contributed by atoms with Crippen LogP contribution in [0.4, 0.5) is 13.2 Å². The molecule has 1 aliphatic rings. The third kappa shape index (κ3) is 5.59. The Morgan fingerprint density at radius 1 is 1.32 bits per heavy atom. The molecule has 1 aliphatic heterocycles. The number of piperidine rings is 1. The number of nitrogens with one attached hydrogen (secondary N) is 1. The van der Waals surface area contributed by atoms with Gasteiger partial charge in [0.2, 0.25) is 15.9 Å². The molecule has 6 nitrogen and oxygen atoms in total. The van der Waals surface area contributed by atoms with Crippen LogP contribution in [0, 0.1) is 5.92 Å². The lowest BCUT2D eigenvalue weighted by Gasteiger charge is -2.30. The molecule has 0 aromatic heterocycles. The van der Waals surface area contributed by atoms with E-state index < -0.39 is 31.7 Å². The van der Waals surface area contributed by atoms with E-state index >= 15 is 0 Å². The molecule has 1 heterocycles. The van der Waals surface area contributed by atoms with Crippen LogP contribution in [0.2, 0.25) is 5.02 Å². The lowest BCUT2D eigenvalue weighted by atomic mass is 9.97. The Bertz CT molecular complexity index is 794. The zero-order chi connectivity index (χ0) is 20.9. The van der Waals surface area contributed by atoms with Crippen molar-refractivity contribution in [2.24, 2.45) is 5.92 Å². The first-order valence-corrected chi connectivity index (χ1v) is 10.5. The molecule has 0 radical (unpaired) electrons. The molecule has 1 aromatic carbocycles. The molecule has 0 bridgehead atoms. The molecule has 2 rings (SSSR count). The zero-order valence-electron chi connectivity index (χ0n) is 15.3. The highest BCUT2D eigenvalue weighted by atomic mass is 35.5. The summed E-state index contributed by atoms with van der Waals surface area (Å²) in [6.07, 6.45) is -3.48. The van der Waals surface area contributed by atoms with Crippen molar-refractivity contribution < 1.29 is 31.1 Å². The van der Waals surface area contributed by atoms with E-state index in [-0.39, 0.29) is 24.9 Å². The number of sulfonamides is 1. The van der Waals surface area contributed by atoms with Crippen LogP contribution in [-0.2, 0) is 25.7 Å². The van der Waals surface area contributed by atoms with Gasteiger partial charge in [0.15, 0.2) is 0 Å². The molecule has 28 heavy (non-hydrogen) atoms. The maximum atomic E-state index is 13.0. The molecule has 0 atom stereocenters. The highest BCUT2D eigenvalue weighted by molar-refractivity contribution is 7.89. The minimum atomic E-state index is -4.75. The smallest absolute Gasteiger partial charge is 0.385 e. The van der Waals surface area contributed by atoms with Gasteiger partial charge < -0.3 is 10.1 Å². The minimum Gasteiger partial charge on any atom is -0.385 e. The monoisotopic (exact) mass is 442 g/mol. The van der Waals surface area contributed by atoms with Gasteiger partial charge in [-0.15, -0.1) is 0 Å². The van der Waals surface area contributed by atoms with Gasteiger partial charge in [0.25, 0.3) is 0 Å². The van der Waals surface area contributed by atoms with Crippen molar-refractivity contribution in [3.8, 4) is 0 Å². The number of carbonyl (C=O) groups excluding carboxylic acids is 1. The third-order valence-electron chi connectivity index (χ3n) is 4.53. The molecule has 1 fully saturated rings. The van der Waals surface area contributed by atoms with Gasteiger partial charge in [-0.25, -0.2) is 8.42 Å². The number of halogens is 4.